The van der Waals surface area contributed by atoms with Crippen LogP contribution in [0, 0.1) is 5.41 Å². The summed E-state index contributed by atoms with van der Waals surface area (Å²) in [5.74, 6) is -0.218. The fourth-order valence-electron chi connectivity index (χ4n) is 4.44. The summed E-state index contributed by atoms with van der Waals surface area (Å²) in [4.78, 5) is 23.1. The van der Waals surface area contributed by atoms with Crippen LogP contribution >= 0.6 is 0 Å². The molecule has 182 valence electrons. The topological polar surface area (TPSA) is 65.2 Å². The standard InChI is InChI=1S/C28H39N5O/c1-21(20-32-17-15-31(6)16-18-32)7-8-22(2)23(3)25-19-24(9-10-26(25)30-5)33-13-11-28(4,12-14-33)27(29)34/h7-10,19H,1-3,5,11-18,20H2,4,6H3,(H2,29,34)/b8-7-. The van der Waals surface area contributed by atoms with Crippen molar-refractivity contribution in [3.63, 3.8) is 0 Å². The Balaban J connectivity index is 1.67. The number of aliphatic imine (C=N–C) groups is 1. The van der Waals surface area contributed by atoms with Gasteiger partial charge >= 0.3 is 0 Å². The van der Waals surface area contributed by atoms with Crippen LogP contribution in [0.25, 0.3) is 5.57 Å². The smallest absolute Gasteiger partial charge is 0.223 e. The lowest BCUT2D eigenvalue weighted by Crippen LogP contribution is -2.45. The van der Waals surface area contributed by atoms with Gasteiger partial charge in [-0.25, -0.2) is 0 Å². The first-order valence-electron chi connectivity index (χ1n) is 11.9. The molecule has 0 saturated carbocycles. The zero-order valence-corrected chi connectivity index (χ0v) is 20.9. The molecule has 0 spiro atoms. The third-order valence-corrected chi connectivity index (χ3v) is 7.23. The van der Waals surface area contributed by atoms with E-state index in [9.17, 15) is 4.79 Å². The fraction of sp³-hybridized carbons (Fsp3) is 0.429. The van der Waals surface area contributed by atoms with Gasteiger partial charge in [0.25, 0.3) is 0 Å². The highest BCUT2D eigenvalue weighted by Gasteiger charge is 2.35. The first-order valence-corrected chi connectivity index (χ1v) is 11.9. The molecular weight excluding hydrogens is 422 g/mol. The molecule has 2 saturated heterocycles. The number of allylic oxidation sites excluding steroid dienone is 3. The van der Waals surface area contributed by atoms with Gasteiger partial charge in [-0.2, -0.15) is 0 Å². The second kappa shape index (κ2) is 11.0. The molecule has 0 radical (unpaired) electrons. The number of nitrogens with two attached hydrogens (primary N) is 1. The van der Waals surface area contributed by atoms with Crippen LogP contribution in [0.2, 0.25) is 0 Å². The van der Waals surface area contributed by atoms with Crippen molar-refractivity contribution in [2.75, 3.05) is 57.8 Å². The molecule has 2 N–H and O–H groups in total. The SMILES string of the molecule is C=Nc1ccc(N2CCC(C)(C(N)=O)CC2)cc1C(=C)C(=C)/C=C\C(=C)CN1CCN(C)CC1. The zero-order chi connectivity index (χ0) is 24.9. The van der Waals surface area contributed by atoms with Gasteiger partial charge in [0, 0.05) is 62.5 Å². The van der Waals surface area contributed by atoms with E-state index in [0.717, 1.165) is 92.3 Å². The number of hydrogen-bond acceptors (Lipinski definition) is 5. The van der Waals surface area contributed by atoms with Gasteiger partial charge in [-0.15, -0.1) is 0 Å². The van der Waals surface area contributed by atoms with Crippen LogP contribution in [0.1, 0.15) is 25.3 Å². The van der Waals surface area contributed by atoms with Gasteiger partial charge in [-0.05, 0) is 61.5 Å². The molecule has 6 heteroatoms. The molecular formula is C28H39N5O. The lowest BCUT2D eigenvalue weighted by Gasteiger charge is -2.38. The number of amides is 1. The summed E-state index contributed by atoms with van der Waals surface area (Å²) < 4.78 is 0. The minimum absolute atomic E-state index is 0.218. The van der Waals surface area contributed by atoms with Crippen LogP contribution in [0.5, 0.6) is 0 Å². The summed E-state index contributed by atoms with van der Waals surface area (Å²) in [5.41, 5.74) is 10.6. The predicted molar refractivity (Wildman–Crippen MR) is 145 cm³/mol. The summed E-state index contributed by atoms with van der Waals surface area (Å²) in [6.45, 7) is 25.2. The molecule has 1 aromatic carbocycles. The van der Waals surface area contributed by atoms with E-state index >= 15 is 0 Å². The number of rotatable bonds is 9. The Hall–Kier alpha value is -2.96. The molecule has 0 atom stereocenters. The van der Waals surface area contributed by atoms with Gasteiger partial charge in [0.05, 0.1) is 5.69 Å². The monoisotopic (exact) mass is 461 g/mol. The number of carbonyl (C=O) groups is 1. The molecule has 0 aliphatic carbocycles. The van der Waals surface area contributed by atoms with Crippen LogP contribution in [0.3, 0.4) is 0 Å². The second-order valence-electron chi connectivity index (χ2n) is 9.85. The third-order valence-electron chi connectivity index (χ3n) is 7.23. The Labute approximate surface area is 204 Å². The van der Waals surface area contributed by atoms with E-state index in [4.69, 9.17) is 5.73 Å². The van der Waals surface area contributed by atoms with Crippen LogP contribution in [-0.4, -0.2) is 75.3 Å². The molecule has 2 heterocycles. The minimum Gasteiger partial charge on any atom is -0.371 e. The molecule has 2 aliphatic heterocycles. The van der Waals surface area contributed by atoms with Gasteiger partial charge < -0.3 is 15.5 Å². The summed E-state index contributed by atoms with van der Waals surface area (Å²) >= 11 is 0. The Bertz CT molecular complexity index is 992. The third kappa shape index (κ3) is 6.13. The van der Waals surface area contributed by atoms with Crippen molar-refractivity contribution < 1.29 is 4.79 Å². The Morgan fingerprint density at radius 1 is 1.09 bits per heavy atom. The normalized spacial score (nSPS) is 19.2. The first-order chi connectivity index (χ1) is 16.1. The molecule has 34 heavy (non-hydrogen) atoms. The van der Waals surface area contributed by atoms with E-state index < -0.39 is 5.41 Å². The Kier molecular flexibility index (Phi) is 8.28. The number of nitrogens with zero attached hydrogens (tertiary/aromatic N) is 4. The van der Waals surface area contributed by atoms with Gasteiger partial charge in [0.2, 0.25) is 5.91 Å². The zero-order valence-electron chi connectivity index (χ0n) is 20.9. The van der Waals surface area contributed by atoms with Crippen LogP contribution in [0.4, 0.5) is 11.4 Å². The largest absolute Gasteiger partial charge is 0.371 e. The highest BCUT2D eigenvalue weighted by Crippen LogP contribution is 2.37. The van der Waals surface area contributed by atoms with E-state index in [0.29, 0.717) is 0 Å². The summed E-state index contributed by atoms with van der Waals surface area (Å²) in [6.07, 6.45) is 5.50. The van der Waals surface area contributed by atoms with E-state index in [1.165, 1.54) is 0 Å². The van der Waals surface area contributed by atoms with Crippen molar-refractivity contribution in [2.24, 2.45) is 16.1 Å². The number of anilines is 1. The number of piperidine rings is 1. The molecule has 0 unspecified atom stereocenters. The minimum atomic E-state index is -0.433. The molecule has 3 rings (SSSR count). The van der Waals surface area contributed by atoms with Crippen molar-refractivity contribution in [3.05, 3.63) is 66.8 Å². The van der Waals surface area contributed by atoms with E-state index in [1.54, 1.807) is 0 Å². The van der Waals surface area contributed by atoms with E-state index in [2.05, 4.69) is 59.3 Å². The van der Waals surface area contributed by atoms with Crippen molar-refractivity contribution in [2.45, 2.75) is 19.8 Å². The molecule has 1 amide bonds. The molecule has 2 aliphatic rings. The Morgan fingerprint density at radius 2 is 1.74 bits per heavy atom. The number of hydrogen-bond donors (Lipinski definition) is 1. The number of benzene rings is 1. The Morgan fingerprint density at radius 3 is 2.32 bits per heavy atom. The molecule has 6 nitrogen and oxygen atoms in total. The quantitative estimate of drug-likeness (QED) is 0.445. The molecule has 1 aromatic rings. The molecule has 2 fully saturated rings. The predicted octanol–water partition coefficient (Wildman–Crippen LogP) is 4.04. The maximum Gasteiger partial charge on any atom is 0.223 e. The van der Waals surface area contributed by atoms with Crippen molar-refractivity contribution in [3.8, 4) is 0 Å². The second-order valence-corrected chi connectivity index (χ2v) is 9.85. The number of likely N-dealkylation sites (N-methyl/N-ethyl adjacent to an activating group) is 1. The fourth-order valence-corrected chi connectivity index (χ4v) is 4.44. The summed E-state index contributed by atoms with van der Waals surface area (Å²) in [7, 11) is 2.16. The molecule has 0 bridgehead atoms. The van der Waals surface area contributed by atoms with Crippen molar-refractivity contribution >= 4 is 29.6 Å². The van der Waals surface area contributed by atoms with Gasteiger partial charge in [0.15, 0.2) is 0 Å². The number of primary amides is 1. The highest BCUT2D eigenvalue weighted by molar-refractivity contribution is 5.87. The average molecular weight is 462 g/mol. The van der Waals surface area contributed by atoms with Crippen molar-refractivity contribution in [1.82, 2.24) is 9.80 Å². The average Bonchev–Trinajstić information content (AvgIpc) is 2.83. The maximum atomic E-state index is 11.8. The van der Waals surface area contributed by atoms with Gasteiger partial charge in [-0.3, -0.25) is 14.7 Å². The first kappa shape index (κ1) is 25.7. The highest BCUT2D eigenvalue weighted by atomic mass is 16.1. The van der Waals surface area contributed by atoms with Crippen LogP contribution < -0.4 is 10.6 Å². The number of piperazine rings is 1. The lowest BCUT2D eigenvalue weighted by atomic mass is 9.79. The van der Waals surface area contributed by atoms with Crippen LogP contribution in [-0.2, 0) is 4.79 Å². The maximum absolute atomic E-state index is 11.8. The van der Waals surface area contributed by atoms with Crippen molar-refractivity contribution in [1.29, 1.82) is 0 Å². The van der Waals surface area contributed by atoms with Crippen LogP contribution in [0.15, 0.2) is 66.2 Å². The van der Waals surface area contributed by atoms with Gasteiger partial charge in [-0.1, -0.05) is 38.8 Å². The number of carbonyl (C=O) groups excluding carboxylic acids is 1. The molecule has 0 aromatic heterocycles. The van der Waals surface area contributed by atoms with Gasteiger partial charge in [0.1, 0.15) is 0 Å². The lowest BCUT2D eigenvalue weighted by molar-refractivity contribution is -0.127. The summed E-state index contributed by atoms with van der Waals surface area (Å²) in [5, 5.41) is 0. The van der Waals surface area contributed by atoms with E-state index in [1.807, 2.05) is 31.2 Å². The summed E-state index contributed by atoms with van der Waals surface area (Å²) in [6, 6.07) is 6.11. The van der Waals surface area contributed by atoms with E-state index in [-0.39, 0.29) is 5.91 Å².